The van der Waals surface area contributed by atoms with Crippen LogP contribution in [0, 0.1) is 5.92 Å². The number of rotatable bonds is 7. The number of carbonyl (C=O) groups excluding carboxylic acids is 2. The Bertz CT molecular complexity index is 765. The lowest BCUT2D eigenvalue weighted by Gasteiger charge is -2.31. The van der Waals surface area contributed by atoms with Crippen molar-refractivity contribution in [2.24, 2.45) is 5.92 Å². The van der Waals surface area contributed by atoms with Crippen molar-refractivity contribution < 1.29 is 9.59 Å². The van der Waals surface area contributed by atoms with E-state index in [-0.39, 0.29) is 17.9 Å². The molecular weight excluding hydrogens is 348 g/mol. The van der Waals surface area contributed by atoms with Crippen molar-refractivity contribution in [3.05, 3.63) is 71.3 Å². The van der Waals surface area contributed by atoms with Crippen molar-refractivity contribution in [3.8, 4) is 0 Å². The van der Waals surface area contributed by atoms with Gasteiger partial charge in [0.05, 0.1) is 6.04 Å². The van der Waals surface area contributed by atoms with Gasteiger partial charge in [-0.05, 0) is 48.4 Å². The highest BCUT2D eigenvalue weighted by Crippen LogP contribution is 2.34. The van der Waals surface area contributed by atoms with E-state index in [0.29, 0.717) is 18.0 Å². The van der Waals surface area contributed by atoms with E-state index in [0.717, 1.165) is 12.0 Å². The standard InChI is InChI=1S/C24H30N2O2/c1-18(27)25-17-16-19-12-14-22(15-13-19)24(28)26-23(20-8-4-2-5-9-20)21-10-6-3-7-11-21/h2,4-5,8-9,12-15,21,23H,3,6-7,10-11,16-17H2,1H3,(H,25,27)(H,26,28)/t23-/m1/s1. The monoisotopic (exact) mass is 378 g/mol. The lowest BCUT2D eigenvalue weighted by atomic mass is 9.81. The molecule has 1 atom stereocenters. The summed E-state index contributed by atoms with van der Waals surface area (Å²) in [5.74, 6) is 0.454. The van der Waals surface area contributed by atoms with Gasteiger partial charge in [-0.1, -0.05) is 61.7 Å². The number of hydrogen-bond donors (Lipinski definition) is 2. The molecule has 28 heavy (non-hydrogen) atoms. The second-order valence-electron chi connectivity index (χ2n) is 7.69. The Morgan fingerprint density at radius 2 is 1.64 bits per heavy atom. The first kappa shape index (κ1) is 20.1. The minimum atomic E-state index is -0.0225. The van der Waals surface area contributed by atoms with Crippen LogP contribution in [0.2, 0.25) is 0 Å². The third-order valence-corrected chi connectivity index (χ3v) is 5.57. The van der Waals surface area contributed by atoms with E-state index in [1.165, 1.54) is 44.6 Å². The maximum atomic E-state index is 12.9. The molecule has 0 spiro atoms. The maximum Gasteiger partial charge on any atom is 0.251 e. The molecule has 1 aliphatic rings. The van der Waals surface area contributed by atoms with Crippen LogP contribution in [0.25, 0.3) is 0 Å². The van der Waals surface area contributed by atoms with Crippen molar-refractivity contribution >= 4 is 11.8 Å². The highest BCUT2D eigenvalue weighted by Gasteiger charge is 2.26. The summed E-state index contributed by atoms with van der Waals surface area (Å²) in [6, 6.07) is 18.1. The molecule has 2 aromatic rings. The number of amides is 2. The van der Waals surface area contributed by atoms with Crippen LogP contribution in [0.1, 0.15) is 66.6 Å². The molecule has 0 saturated heterocycles. The van der Waals surface area contributed by atoms with Gasteiger partial charge in [-0.25, -0.2) is 0 Å². The Labute approximate surface area is 167 Å². The summed E-state index contributed by atoms with van der Waals surface area (Å²) in [7, 11) is 0. The molecule has 0 aliphatic heterocycles. The van der Waals surface area contributed by atoms with Crippen LogP contribution < -0.4 is 10.6 Å². The third kappa shape index (κ3) is 5.69. The van der Waals surface area contributed by atoms with Crippen LogP contribution in [0.5, 0.6) is 0 Å². The van der Waals surface area contributed by atoms with E-state index in [2.05, 4.69) is 22.8 Å². The predicted molar refractivity (Wildman–Crippen MR) is 112 cm³/mol. The first-order valence-corrected chi connectivity index (χ1v) is 10.3. The first-order chi connectivity index (χ1) is 13.6. The van der Waals surface area contributed by atoms with Crippen molar-refractivity contribution in [1.82, 2.24) is 10.6 Å². The second-order valence-corrected chi connectivity index (χ2v) is 7.69. The minimum absolute atomic E-state index is 0.0205. The van der Waals surface area contributed by atoms with E-state index < -0.39 is 0 Å². The van der Waals surface area contributed by atoms with Gasteiger partial charge in [0.15, 0.2) is 0 Å². The summed E-state index contributed by atoms with van der Waals surface area (Å²) in [6.07, 6.45) is 6.88. The highest BCUT2D eigenvalue weighted by molar-refractivity contribution is 5.94. The minimum Gasteiger partial charge on any atom is -0.356 e. The van der Waals surface area contributed by atoms with Crippen molar-refractivity contribution in [2.45, 2.75) is 51.5 Å². The maximum absolute atomic E-state index is 12.9. The quantitative estimate of drug-likeness (QED) is 0.749. The van der Waals surface area contributed by atoms with Gasteiger partial charge in [0.1, 0.15) is 0 Å². The largest absolute Gasteiger partial charge is 0.356 e. The van der Waals surface area contributed by atoms with Crippen LogP contribution in [-0.2, 0) is 11.2 Å². The Hall–Kier alpha value is -2.62. The molecule has 2 aromatic carbocycles. The van der Waals surface area contributed by atoms with E-state index in [4.69, 9.17) is 0 Å². The van der Waals surface area contributed by atoms with Crippen LogP contribution in [0.15, 0.2) is 54.6 Å². The molecule has 2 N–H and O–H groups in total. The lowest BCUT2D eigenvalue weighted by Crippen LogP contribution is -2.34. The average Bonchev–Trinajstić information content (AvgIpc) is 2.73. The van der Waals surface area contributed by atoms with Gasteiger partial charge in [0, 0.05) is 19.0 Å². The zero-order chi connectivity index (χ0) is 19.8. The molecule has 4 nitrogen and oxygen atoms in total. The molecule has 0 bridgehead atoms. The van der Waals surface area contributed by atoms with Gasteiger partial charge in [0.2, 0.25) is 5.91 Å². The van der Waals surface area contributed by atoms with Gasteiger partial charge >= 0.3 is 0 Å². The molecule has 4 heteroatoms. The Kier molecular flexibility index (Phi) is 7.24. The van der Waals surface area contributed by atoms with Gasteiger partial charge in [-0.15, -0.1) is 0 Å². The zero-order valence-electron chi connectivity index (χ0n) is 16.6. The summed E-state index contributed by atoms with van der Waals surface area (Å²) in [5, 5.41) is 6.09. The molecule has 1 aliphatic carbocycles. The fraction of sp³-hybridized carbons (Fsp3) is 0.417. The van der Waals surface area contributed by atoms with Gasteiger partial charge in [0.25, 0.3) is 5.91 Å². The van der Waals surface area contributed by atoms with Gasteiger partial charge in [-0.2, -0.15) is 0 Å². The summed E-state index contributed by atoms with van der Waals surface area (Å²) in [4.78, 5) is 23.9. The van der Waals surface area contributed by atoms with Crippen molar-refractivity contribution in [1.29, 1.82) is 0 Å². The molecular formula is C24H30N2O2. The summed E-state index contributed by atoms with van der Waals surface area (Å²) >= 11 is 0. The molecule has 1 saturated carbocycles. The number of nitrogens with one attached hydrogen (secondary N) is 2. The Morgan fingerprint density at radius 1 is 0.964 bits per heavy atom. The van der Waals surface area contributed by atoms with E-state index in [9.17, 15) is 9.59 Å². The molecule has 1 fully saturated rings. The number of carbonyl (C=O) groups is 2. The fourth-order valence-corrected chi connectivity index (χ4v) is 4.03. The molecule has 0 heterocycles. The molecule has 148 valence electrons. The summed E-state index contributed by atoms with van der Waals surface area (Å²) in [6.45, 7) is 2.13. The third-order valence-electron chi connectivity index (χ3n) is 5.57. The molecule has 0 radical (unpaired) electrons. The topological polar surface area (TPSA) is 58.2 Å². The Balaban J connectivity index is 1.66. The SMILES string of the molecule is CC(=O)NCCc1ccc(C(=O)N[C@H](c2ccccc2)C2CCCCC2)cc1. The van der Waals surface area contributed by atoms with Crippen LogP contribution >= 0.6 is 0 Å². The summed E-state index contributed by atoms with van der Waals surface area (Å²) in [5.41, 5.74) is 2.98. The molecule has 0 aromatic heterocycles. The number of benzene rings is 2. The number of hydrogen-bond acceptors (Lipinski definition) is 2. The first-order valence-electron chi connectivity index (χ1n) is 10.3. The smallest absolute Gasteiger partial charge is 0.251 e. The lowest BCUT2D eigenvalue weighted by molar-refractivity contribution is -0.118. The van der Waals surface area contributed by atoms with Crippen LogP contribution in [0.4, 0.5) is 0 Å². The molecule has 0 unspecified atom stereocenters. The molecule has 3 rings (SSSR count). The van der Waals surface area contributed by atoms with E-state index >= 15 is 0 Å². The van der Waals surface area contributed by atoms with Crippen molar-refractivity contribution in [2.75, 3.05) is 6.54 Å². The average molecular weight is 379 g/mol. The van der Waals surface area contributed by atoms with Crippen LogP contribution in [-0.4, -0.2) is 18.4 Å². The van der Waals surface area contributed by atoms with E-state index in [1.54, 1.807) is 0 Å². The van der Waals surface area contributed by atoms with Crippen molar-refractivity contribution in [3.63, 3.8) is 0 Å². The Morgan fingerprint density at radius 3 is 2.29 bits per heavy atom. The zero-order valence-corrected chi connectivity index (χ0v) is 16.6. The van der Waals surface area contributed by atoms with E-state index in [1.807, 2.05) is 42.5 Å². The fourth-order valence-electron chi connectivity index (χ4n) is 4.03. The second kappa shape index (κ2) is 10.1. The normalized spacial score (nSPS) is 15.6. The summed E-state index contributed by atoms with van der Waals surface area (Å²) < 4.78 is 0. The van der Waals surface area contributed by atoms with Gasteiger partial charge < -0.3 is 10.6 Å². The van der Waals surface area contributed by atoms with Gasteiger partial charge in [-0.3, -0.25) is 9.59 Å². The van der Waals surface area contributed by atoms with Crippen LogP contribution in [0.3, 0.4) is 0 Å². The predicted octanol–water partition coefficient (Wildman–Crippen LogP) is 4.42. The molecule has 2 amide bonds. The highest BCUT2D eigenvalue weighted by atomic mass is 16.2.